The first-order valence-electron chi connectivity index (χ1n) is 4.88. The Bertz CT molecular complexity index is 283. The topological polar surface area (TPSA) is 46.2 Å². The van der Waals surface area contributed by atoms with E-state index in [4.69, 9.17) is 4.74 Å². The van der Waals surface area contributed by atoms with Gasteiger partial charge in [-0.3, -0.25) is 0 Å². The molecule has 0 radical (unpaired) electrons. The molecule has 84 valence electrons. The van der Waals surface area contributed by atoms with E-state index in [9.17, 15) is 0 Å². The van der Waals surface area contributed by atoms with E-state index in [1.165, 1.54) is 0 Å². The molecule has 1 aromatic heterocycles. The summed E-state index contributed by atoms with van der Waals surface area (Å²) in [5.74, 6) is 0.881. The quantitative estimate of drug-likeness (QED) is 0.740. The van der Waals surface area contributed by atoms with Gasteiger partial charge in [-0.2, -0.15) is 0 Å². The summed E-state index contributed by atoms with van der Waals surface area (Å²) in [6.07, 6.45) is 1.77. The number of halogens is 1. The molecule has 1 rings (SSSR count). The number of nitrogens with zero attached hydrogens (tertiary/aromatic N) is 1. The molecule has 0 aromatic carbocycles. The predicted octanol–water partition coefficient (Wildman–Crippen LogP) is 1.49. The first-order valence-corrected chi connectivity index (χ1v) is 5.68. The van der Waals surface area contributed by atoms with Crippen LogP contribution in [0.15, 0.2) is 22.8 Å². The van der Waals surface area contributed by atoms with Crippen molar-refractivity contribution in [2.24, 2.45) is 0 Å². The van der Waals surface area contributed by atoms with E-state index in [2.05, 4.69) is 31.5 Å². The van der Waals surface area contributed by atoms with Gasteiger partial charge in [0.1, 0.15) is 5.82 Å². The van der Waals surface area contributed by atoms with Crippen LogP contribution in [0.3, 0.4) is 0 Å². The van der Waals surface area contributed by atoms with E-state index in [0.29, 0.717) is 0 Å². The van der Waals surface area contributed by atoms with Crippen LogP contribution >= 0.6 is 15.9 Å². The largest absolute Gasteiger partial charge is 0.383 e. The number of methoxy groups -OCH3 is 1. The van der Waals surface area contributed by atoms with Gasteiger partial charge >= 0.3 is 0 Å². The van der Waals surface area contributed by atoms with Crippen LogP contribution in [-0.4, -0.2) is 38.3 Å². The second kappa shape index (κ2) is 7.62. The molecular formula is C10H16BrN3O. The fourth-order valence-electron chi connectivity index (χ4n) is 1.08. The van der Waals surface area contributed by atoms with Gasteiger partial charge < -0.3 is 15.4 Å². The van der Waals surface area contributed by atoms with Crippen molar-refractivity contribution in [3.05, 3.63) is 22.8 Å². The molecule has 5 heteroatoms. The zero-order valence-corrected chi connectivity index (χ0v) is 10.4. The highest BCUT2D eigenvalue weighted by molar-refractivity contribution is 9.10. The Morgan fingerprint density at radius 2 is 2.27 bits per heavy atom. The number of anilines is 1. The number of nitrogens with one attached hydrogen (secondary N) is 2. The fraction of sp³-hybridized carbons (Fsp3) is 0.500. The van der Waals surface area contributed by atoms with E-state index >= 15 is 0 Å². The highest BCUT2D eigenvalue weighted by Crippen LogP contribution is 2.17. The third kappa shape index (κ3) is 5.11. The SMILES string of the molecule is COCCNCCNc1ncccc1Br. The van der Waals surface area contributed by atoms with Gasteiger partial charge in [0.25, 0.3) is 0 Å². The lowest BCUT2D eigenvalue weighted by atomic mass is 10.4. The zero-order chi connectivity index (χ0) is 10.9. The molecule has 0 aliphatic carbocycles. The van der Waals surface area contributed by atoms with Crippen molar-refractivity contribution in [2.75, 3.05) is 38.7 Å². The number of hydrogen-bond acceptors (Lipinski definition) is 4. The molecule has 0 amide bonds. The predicted molar refractivity (Wildman–Crippen MR) is 65.2 cm³/mol. The van der Waals surface area contributed by atoms with Gasteiger partial charge in [0.05, 0.1) is 11.1 Å². The first kappa shape index (κ1) is 12.4. The average Bonchev–Trinajstić information content (AvgIpc) is 2.25. The Morgan fingerprint density at radius 1 is 1.40 bits per heavy atom. The smallest absolute Gasteiger partial charge is 0.140 e. The molecule has 1 aromatic rings. The molecule has 0 aliphatic rings. The van der Waals surface area contributed by atoms with Crippen molar-refractivity contribution in [1.29, 1.82) is 0 Å². The summed E-state index contributed by atoms with van der Waals surface area (Å²) in [7, 11) is 1.70. The van der Waals surface area contributed by atoms with Gasteiger partial charge in [-0.25, -0.2) is 4.98 Å². The van der Waals surface area contributed by atoms with Crippen molar-refractivity contribution < 1.29 is 4.74 Å². The van der Waals surface area contributed by atoms with Crippen molar-refractivity contribution in [3.63, 3.8) is 0 Å². The van der Waals surface area contributed by atoms with E-state index < -0.39 is 0 Å². The lowest BCUT2D eigenvalue weighted by Gasteiger charge is -2.07. The summed E-state index contributed by atoms with van der Waals surface area (Å²) >= 11 is 3.42. The highest BCUT2D eigenvalue weighted by Gasteiger charge is 1.97. The third-order valence-corrected chi connectivity index (χ3v) is 2.48. The van der Waals surface area contributed by atoms with Gasteiger partial charge in [-0.05, 0) is 28.1 Å². The number of ether oxygens (including phenoxy) is 1. The lowest BCUT2D eigenvalue weighted by Crippen LogP contribution is -2.25. The average molecular weight is 274 g/mol. The van der Waals surface area contributed by atoms with Crippen LogP contribution in [0.25, 0.3) is 0 Å². The number of hydrogen-bond donors (Lipinski definition) is 2. The standard InChI is InChI=1S/C10H16BrN3O/c1-15-8-7-12-5-6-14-10-9(11)3-2-4-13-10/h2-4,12H,5-8H2,1H3,(H,13,14). The van der Waals surface area contributed by atoms with Gasteiger partial charge in [-0.1, -0.05) is 0 Å². The van der Waals surface area contributed by atoms with Gasteiger partial charge in [-0.15, -0.1) is 0 Å². The van der Waals surface area contributed by atoms with Crippen LogP contribution in [-0.2, 0) is 4.74 Å². The summed E-state index contributed by atoms with van der Waals surface area (Å²) in [5.41, 5.74) is 0. The minimum absolute atomic E-state index is 0.743. The van der Waals surface area contributed by atoms with Crippen molar-refractivity contribution >= 4 is 21.7 Å². The summed E-state index contributed by atoms with van der Waals surface area (Å²) in [5, 5.41) is 6.47. The van der Waals surface area contributed by atoms with Crippen LogP contribution in [0, 0.1) is 0 Å². The van der Waals surface area contributed by atoms with Crippen LogP contribution in [0.1, 0.15) is 0 Å². The summed E-state index contributed by atoms with van der Waals surface area (Å²) in [6, 6.07) is 3.86. The minimum Gasteiger partial charge on any atom is -0.383 e. The Morgan fingerprint density at radius 3 is 3.00 bits per heavy atom. The monoisotopic (exact) mass is 273 g/mol. The van der Waals surface area contributed by atoms with Crippen LogP contribution in [0.2, 0.25) is 0 Å². The fourth-order valence-corrected chi connectivity index (χ4v) is 1.48. The highest BCUT2D eigenvalue weighted by atomic mass is 79.9. The molecule has 0 spiro atoms. The Labute approximate surface area is 98.6 Å². The minimum atomic E-state index is 0.743. The maximum Gasteiger partial charge on any atom is 0.140 e. The number of aromatic nitrogens is 1. The van der Waals surface area contributed by atoms with E-state index in [1.807, 2.05) is 12.1 Å². The maximum absolute atomic E-state index is 4.92. The Hall–Kier alpha value is -0.650. The van der Waals surface area contributed by atoms with Crippen molar-refractivity contribution in [2.45, 2.75) is 0 Å². The second-order valence-corrected chi connectivity index (χ2v) is 3.86. The first-order chi connectivity index (χ1) is 7.34. The number of pyridine rings is 1. The molecule has 0 saturated carbocycles. The molecule has 1 heterocycles. The molecule has 2 N–H and O–H groups in total. The van der Waals surface area contributed by atoms with Gasteiger partial charge in [0, 0.05) is 32.9 Å². The second-order valence-electron chi connectivity index (χ2n) is 3.00. The molecule has 0 saturated heterocycles. The maximum atomic E-state index is 4.92. The van der Waals surface area contributed by atoms with Crippen molar-refractivity contribution in [3.8, 4) is 0 Å². The van der Waals surface area contributed by atoms with Crippen molar-refractivity contribution in [1.82, 2.24) is 10.3 Å². The summed E-state index contributed by atoms with van der Waals surface area (Å²) in [4.78, 5) is 4.20. The Balaban J connectivity index is 2.12. The summed E-state index contributed by atoms with van der Waals surface area (Å²) < 4.78 is 5.91. The van der Waals surface area contributed by atoms with E-state index in [1.54, 1.807) is 13.3 Å². The summed E-state index contributed by atoms with van der Waals surface area (Å²) in [6.45, 7) is 3.36. The van der Waals surface area contributed by atoms with Gasteiger partial charge in [0.15, 0.2) is 0 Å². The molecule has 0 bridgehead atoms. The number of rotatable bonds is 7. The molecule has 0 unspecified atom stereocenters. The molecule has 4 nitrogen and oxygen atoms in total. The Kier molecular flexibility index (Phi) is 6.31. The molecule has 0 fully saturated rings. The van der Waals surface area contributed by atoms with E-state index in [-0.39, 0.29) is 0 Å². The normalized spacial score (nSPS) is 10.3. The molecule has 0 aliphatic heterocycles. The molecule has 15 heavy (non-hydrogen) atoms. The van der Waals surface area contributed by atoms with Crippen LogP contribution in [0.4, 0.5) is 5.82 Å². The molecule has 0 atom stereocenters. The van der Waals surface area contributed by atoms with Gasteiger partial charge in [0.2, 0.25) is 0 Å². The third-order valence-electron chi connectivity index (χ3n) is 1.84. The lowest BCUT2D eigenvalue weighted by molar-refractivity contribution is 0.200. The van der Waals surface area contributed by atoms with Crippen LogP contribution < -0.4 is 10.6 Å². The van der Waals surface area contributed by atoms with E-state index in [0.717, 1.165) is 36.5 Å². The van der Waals surface area contributed by atoms with Crippen LogP contribution in [0.5, 0.6) is 0 Å². The molecular weight excluding hydrogens is 258 g/mol. The zero-order valence-electron chi connectivity index (χ0n) is 8.79.